The number of fused-ring (bicyclic) bond motifs is 1. The van der Waals surface area contributed by atoms with E-state index in [0.717, 1.165) is 5.69 Å². The number of aromatic amines is 1. The third-order valence-electron chi connectivity index (χ3n) is 5.44. The minimum Gasteiger partial charge on any atom is -0.481 e. The second kappa shape index (κ2) is 10.0. The number of nitrogens with one attached hydrogen (secondary N) is 3. The first-order valence-electron chi connectivity index (χ1n) is 10.3. The summed E-state index contributed by atoms with van der Waals surface area (Å²) in [5.74, 6) is -2.30. The zero-order chi connectivity index (χ0) is 24.1. The van der Waals surface area contributed by atoms with Gasteiger partial charge in [-0.2, -0.15) is 4.98 Å². The number of nitrogens with zero attached hydrogens (tertiary/aromatic N) is 2. The van der Waals surface area contributed by atoms with Crippen LogP contribution in [0.3, 0.4) is 0 Å². The molecule has 176 valence electrons. The fourth-order valence-electron chi connectivity index (χ4n) is 3.71. The number of amides is 1. The summed E-state index contributed by atoms with van der Waals surface area (Å²) in [6.07, 6.45) is -0.0276. The lowest BCUT2D eigenvalue weighted by atomic mass is 9.96. The first kappa shape index (κ1) is 23.6. The van der Waals surface area contributed by atoms with E-state index in [1.807, 2.05) is 11.9 Å². The molecule has 7 N–H and O–H groups in total. The molecule has 2 heterocycles. The van der Waals surface area contributed by atoms with Gasteiger partial charge in [0, 0.05) is 37.8 Å². The van der Waals surface area contributed by atoms with E-state index >= 15 is 0 Å². The molecule has 12 heteroatoms. The summed E-state index contributed by atoms with van der Waals surface area (Å²) in [6.45, 7) is 1.26. The molecule has 0 saturated heterocycles. The van der Waals surface area contributed by atoms with E-state index in [-0.39, 0.29) is 35.8 Å². The van der Waals surface area contributed by atoms with Gasteiger partial charge in [0.1, 0.15) is 11.9 Å². The first-order chi connectivity index (χ1) is 15.6. The van der Waals surface area contributed by atoms with E-state index in [4.69, 9.17) is 10.8 Å². The molecule has 1 unspecified atom stereocenters. The number of nitrogen functional groups attached to an aromatic ring is 1. The Morgan fingerprint density at radius 2 is 1.97 bits per heavy atom. The van der Waals surface area contributed by atoms with Crippen LogP contribution in [0.4, 0.5) is 17.5 Å². The number of H-pyrrole nitrogens is 1. The molecule has 0 saturated carbocycles. The average Bonchev–Trinajstić information content (AvgIpc) is 2.76. The molecule has 3 rings (SSSR count). The number of benzene rings is 1. The van der Waals surface area contributed by atoms with Crippen molar-refractivity contribution in [3.05, 3.63) is 45.7 Å². The predicted molar refractivity (Wildman–Crippen MR) is 120 cm³/mol. The predicted octanol–water partition coefficient (Wildman–Crippen LogP) is 0.121. The standard InChI is InChI=1S/C21H26N6O6/c1-27(10-11-8-14-17(23-9-11)25-21(22)26-19(14)31)13-4-2-12(3-5-13)18(30)24-15(20(32)33)6-7-16(28)29/h2-5,11,15H,6-10H2,1H3,(H,24,30)(H,28,29)(H,32,33)(H4,22,23,25,26,31)/t11?,15-/m0/s1. The Hall–Kier alpha value is -4.09. The number of rotatable bonds is 9. The number of hydrogen-bond acceptors (Lipinski definition) is 8. The Labute approximate surface area is 188 Å². The van der Waals surface area contributed by atoms with E-state index in [1.54, 1.807) is 24.3 Å². The van der Waals surface area contributed by atoms with Crippen LogP contribution in [0.5, 0.6) is 0 Å². The van der Waals surface area contributed by atoms with Crippen LogP contribution in [0, 0.1) is 5.92 Å². The van der Waals surface area contributed by atoms with Gasteiger partial charge in [0.15, 0.2) is 0 Å². The van der Waals surface area contributed by atoms with E-state index in [1.165, 1.54) is 0 Å². The highest BCUT2D eigenvalue weighted by atomic mass is 16.4. The largest absolute Gasteiger partial charge is 0.481 e. The zero-order valence-electron chi connectivity index (χ0n) is 18.0. The molecule has 0 fully saturated rings. The Morgan fingerprint density at radius 1 is 1.27 bits per heavy atom. The van der Waals surface area contributed by atoms with Crippen molar-refractivity contribution in [3.8, 4) is 0 Å². The Morgan fingerprint density at radius 3 is 2.61 bits per heavy atom. The molecule has 2 atom stereocenters. The summed E-state index contributed by atoms with van der Waals surface area (Å²) < 4.78 is 0. The molecular formula is C21H26N6O6. The number of carbonyl (C=O) groups is 3. The number of carboxylic acid groups (broad SMARTS) is 2. The van der Waals surface area contributed by atoms with Crippen molar-refractivity contribution >= 4 is 35.3 Å². The molecule has 0 bridgehead atoms. The van der Waals surface area contributed by atoms with Crippen LogP contribution in [0.15, 0.2) is 29.1 Å². The topological polar surface area (TPSA) is 191 Å². The fraction of sp³-hybridized carbons (Fsp3) is 0.381. The van der Waals surface area contributed by atoms with Crippen molar-refractivity contribution in [1.29, 1.82) is 0 Å². The van der Waals surface area contributed by atoms with E-state index in [9.17, 15) is 24.3 Å². The summed E-state index contributed by atoms with van der Waals surface area (Å²) in [6, 6.07) is 5.33. The molecular weight excluding hydrogens is 432 g/mol. The van der Waals surface area contributed by atoms with E-state index in [2.05, 4.69) is 20.6 Å². The lowest BCUT2D eigenvalue weighted by molar-refractivity contribution is -0.140. The molecule has 0 spiro atoms. The van der Waals surface area contributed by atoms with Gasteiger partial charge in [-0.15, -0.1) is 0 Å². The van der Waals surface area contributed by atoms with Crippen molar-refractivity contribution in [2.24, 2.45) is 5.92 Å². The minimum absolute atomic E-state index is 0.0718. The quantitative estimate of drug-likeness (QED) is 0.301. The maximum atomic E-state index is 12.4. The molecule has 1 amide bonds. The van der Waals surface area contributed by atoms with Gasteiger partial charge in [-0.3, -0.25) is 19.4 Å². The molecule has 1 aromatic carbocycles. The zero-order valence-corrected chi connectivity index (χ0v) is 18.0. The van der Waals surface area contributed by atoms with Crippen LogP contribution in [-0.4, -0.2) is 64.2 Å². The number of aromatic nitrogens is 2. The van der Waals surface area contributed by atoms with Gasteiger partial charge in [0.2, 0.25) is 5.95 Å². The van der Waals surface area contributed by atoms with E-state index < -0.39 is 23.9 Å². The number of carbonyl (C=O) groups excluding carboxylic acids is 1. The smallest absolute Gasteiger partial charge is 0.326 e. The molecule has 1 aliphatic heterocycles. The van der Waals surface area contributed by atoms with Gasteiger partial charge >= 0.3 is 11.9 Å². The van der Waals surface area contributed by atoms with Gasteiger partial charge in [-0.05, 0) is 43.0 Å². The second-order valence-corrected chi connectivity index (χ2v) is 7.95. The molecule has 12 nitrogen and oxygen atoms in total. The number of nitrogens with two attached hydrogens (primary N) is 1. The number of aliphatic carboxylic acids is 2. The van der Waals surface area contributed by atoms with Gasteiger partial charge in [0.25, 0.3) is 11.5 Å². The summed E-state index contributed by atoms with van der Waals surface area (Å²) in [5.41, 5.74) is 6.99. The van der Waals surface area contributed by atoms with Crippen molar-refractivity contribution in [1.82, 2.24) is 15.3 Å². The highest BCUT2D eigenvalue weighted by Gasteiger charge is 2.24. The number of anilines is 3. The van der Waals surface area contributed by atoms with Crippen LogP contribution < -0.4 is 26.8 Å². The normalized spacial score (nSPS) is 15.6. The van der Waals surface area contributed by atoms with E-state index in [0.29, 0.717) is 30.9 Å². The first-order valence-corrected chi connectivity index (χ1v) is 10.3. The monoisotopic (exact) mass is 458 g/mol. The third-order valence-corrected chi connectivity index (χ3v) is 5.44. The van der Waals surface area contributed by atoms with Crippen molar-refractivity contribution in [3.63, 3.8) is 0 Å². The lowest BCUT2D eigenvalue weighted by Crippen LogP contribution is -2.41. The number of carboxylic acids is 2. The van der Waals surface area contributed by atoms with Crippen LogP contribution in [0.25, 0.3) is 0 Å². The average molecular weight is 458 g/mol. The number of hydrogen-bond donors (Lipinski definition) is 6. The summed E-state index contributed by atoms with van der Waals surface area (Å²) in [4.78, 5) is 55.1. The van der Waals surface area contributed by atoms with Gasteiger partial charge < -0.3 is 31.5 Å². The molecule has 0 radical (unpaired) electrons. The van der Waals surface area contributed by atoms with Crippen molar-refractivity contribution < 1.29 is 24.6 Å². The molecule has 1 aliphatic rings. The van der Waals surface area contributed by atoms with Crippen LogP contribution in [0.1, 0.15) is 28.8 Å². The highest BCUT2D eigenvalue weighted by molar-refractivity contribution is 5.97. The van der Waals surface area contributed by atoms with Crippen LogP contribution in [0.2, 0.25) is 0 Å². The summed E-state index contributed by atoms with van der Waals surface area (Å²) in [7, 11) is 1.89. The SMILES string of the molecule is CN(CC1CNc2nc(N)[nH]c(=O)c2C1)c1ccc(C(=O)N[C@@H](CCC(=O)O)C(=O)O)cc1. The highest BCUT2D eigenvalue weighted by Crippen LogP contribution is 2.23. The lowest BCUT2D eigenvalue weighted by Gasteiger charge is -2.29. The van der Waals surface area contributed by atoms with Crippen molar-refractivity contribution in [2.75, 3.05) is 36.1 Å². The van der Waals surface area contributed by atoms with Gasteiger partial charge in [0.05, 0.1) is 5.56 Å². The van der Waals surface area contributed by atoms with Crippen LogP contribution in [-0.2, 0) is 16.0 Å². The van der Waals surface area contributed by atoms with Crippen LogP contribution >= 0.6 is 0 Å². The second-order valence-electron chi connectivity index (χ2n) is 7.95. The van der Waals surface area contributed by atoms with Crippen molar-refractivity contribution in [2.45, 2.75) is 25.3 Å². The third kappa shape index (κ3) is 5.99. The summed E-state index contributed by atoms with van der Waals surface area (Å²) in [5, 5.41) is 23.4. The molecule has 0 aliphatic carbocycles. The Kier molecular flexibility index (Phi) is 7.16. The fourth-order valence-corrected chi connectivity index (χ4v) is 3.71. The summed E-state index contributed by atoms with van der Waals surface area (Å²) >= 11 is 0. The Balaban J connectivity index is 1.60. The Bertz CT molecular complexity index is 1100. The van der Waals surface area contributed by atoms with Gasteiger partial charge in [-0.1, -0.05) is 0 Å². The van der Waals surface area contributed by atoms with Gasteiger partial charge in [-0.25, -0.2) is 4.79 Å². The maximum absolute atomic E-state index is 12.4. The molecule has 33 heavy (non-hydrogen) atoms. The molecule has 2 aromatic rings. The maximum Gasteiger partial charge on any atom is 0.326 e. The minimum atomic E-state index is -1.29. The molecule has 1 aromatic heterocycles.